The molecule has 2 heteroatoms. The summed E-state index contributed by atoms with van der Waals surface area (Å²) >= 11 is 4.47. The van der Waals surface area contributed by atoms with Crippen LogP contribution in [0.1, 0.15) is 44.9 Å². The predicted molar refractivity (Wildman–Crippen MR) is 58.3 cm³/mol. The highest BCUT2D eigenvalue weighted by molar-refractivity contribution is 7.80. The van der Waals surface area contributed by atoms with E-state index in [9.17, 15) is 0 Å². The lowest BCUT2D eigenvalue weighted by atomic mass is 9.89. The summed E-state index contributed by atoms with van der Waals surface area (Å²) in [6.07, 6.45) is 10.00. The van der Waals surface area contributed by atoms with Crippen molar-refractivity contribution in [1.29, 1.82) is 0 Å². The molecule has 2 fully saturated rings. The molecule has 2 aliphatic rings. The third-order valence-corrected chi connectivity index (χ3v) is 4.35. The molecule has 2 rings (SSSR count). The Hall–Kier alpha value is 0.310. The first-order valence-corrected chi connectivity index (χ1v) is 6.20. The molecule has 0 bridgehead atoms. The summed E-state index contributed by atoms with van der Waals surface area (Å²) in [6, 6.07) is 0. The number of ether oxygens (including phenoxy) is 1. The van der Waals surface area contributed by atoms with Crippen molar-refractivity contribution in [3.63, 3.8) is 0 Å². The second kappa shape index (κ2) is 4.22. The molecular weight excluding hydrogens is 180 g/mol. The van der Waals surface area contributed by atoms with Crippen LogP contribution in [0.5, 0.6) is 0 Å². The molecule has 0 aromatic heterocycles. The first kappa shape index (κ1) is 9.85. The van der Waals surface area contributed by atoms with Crippen molar-refractivity contribution < 1.29 is 4.74 Å². The maximum absolute atomic E-state index is 5.91. The molecule has 0 spiro atoms. The van der Waals surface area contributed by atoms with E-state index in [0.717, 1.165) is 12.4 Å². The van der Waals surface area contributed by atoms with Crippen molar-refractivity contribution in [2.75, 3.05) is 12.4 Å². The smallest absolute Gasteiger partial charge is 0.0575 e. The van der Waals surface area contributed by atoms with Gasteiger partial charge in [0.2, 0.25) is 0 Å². The summed E-state index contributed by atoms with van der Waals surface area (Å²) in [6.45, 7) is 0.973. The van der Waals surface area contributed by atoms with E-state index in [0.29, 0.717) is 11.5 Å². The first-order valence-electron chi connectivity index (χ1n) is 5.57. The van der Waals surface area contributed by atoms with Gasteiger partial charge >= 0.3 is 0 Å². The van der Waals surface area contributed by atoms with Crippen LogP contribution in [-0.2, 0) is 4.74 Å². The van der Waals surface area contributed by atoms with Crippen LogP contribution in [0.3, 0.4) is 0 Å². The predicted octanol–water partition coefficient (Wildman–Crippen LogP) is 3.05. The standard InChI is InChI=1S/C11H20OS/c13-9-11(6-1-2-7-11)8-12-10-4-3-5-10/h10,13H,1-9H2. The summed E-state index contributed by atoms with van der Waals surface area (Å²) in [5, 5.41) is 0. The van der Waals surface area contributed by atoms with Gasteiger partial charge in [0, 0.05) is 5.41 Å². The van der Waals surface area contributed by atoms with Crippen LogP contribution in [0.25, 0.3) is 0 Å². The molecule has 76 valence electrons. The van der Waals surface area contributed by atoms with Crippen molar-refractivity contribution in [3.8, 4) is 0 Å². The summed E-state index contributed by atoms with van der Waals surface area (Å²) in [5.74, 6) is 1.01. The monoisotopic (exact) mass is 200 g/mol. The highest BCUT2D eigenvalue weighted by atomic mass is 32.1. The summed E-state index contributed by atoms with van der Waals surface area (Å²) in [7, 11) is 0. The lowest BCUT2D eigenvalue weighted by molar-refractivity contribution is -0.0370. The maximum Gasteiger partial charge on any atom is 0.0575 e. The van der Waals surface area contributed by atoms with Gasteiger partial charge in [0.05, 0.1) is 12.7 Å². The maximum atomic E-state index is 5.91. The molecule has 0 N–H and O–H groups in total. The van der Waals surface area contributed by atoms with Gasteiger partial charge in [0.25, 0.3) is 0 Å². The van der Waals surface area contributed by atoms with Crippen molar-refractivity contribution in [2.45, 2.75) is 51.0 Å². The van der Waals surface area contributed by atoms with Gasteiger partial charge in [-0.25, -0.2) is 0 Å². The zero-order valence-electron chi connectivity index (χ0n) is 8.30. The average Bonchev–Trinajstić information content (AvgIpc) is 2.51. The number of rotatable bonds is 4. The molecular formula is C11H20OS. The van der Waals surface area contributed by atoms with E-state index in [4.69, 9.17) is 4.74 Å². The highest BCUT2D eigenvalue weighted by Gasteiger charge is 2.34. The van der Waals surface area contributed by atoms with E-state index in [1.54, 1.807) is 0 Å². The van der Waals surface area contributed by atoms with E-state index in [2.05, 4.69) is 12.6 Å². The Kier molecular flexibility index (Phi) is 3.20. The topological polar surface area (TPSA) is 9.23 Å². The van der Waals surface area contributed by atoms with Crippen LogP contribution < -0.4 is 0 Å². The Bertz CT molecular complexity index is 159. The Morgan fingerprint density at radius 1 is 1.15 bits per heavy atom. The van der Waals surface area contributed by atoms with Crippen LogP contribution >= 0.6 is 12.6 Å². The summed E-state index contributed by atoms with van der Waals surface area (Å²) in [4.78, 5) is 0. The van der Waals surface area contributed by atoms with E-state index >= 15 is 0 Å². The highest BCUT2D eigenvalue weighted by Crippen LogP contribution is 2.40. The molecule has 0 radical (unpaired) electrons. The van der Waals surface area contributed by atoms with Crippen LogP contribution in [0.2, 0.25) is 0 Å². The van der Waals surface area contributed by atoms with E-state index in [-0.39, 0.29) is 0 Å². The number of hydrogen-bond donors (Lipinski definition) is 1. The van der Waals surface area contributed by atoms with Crippen LogP contribution in [0.4, 0.5) is 0 Å². The van der Waals surface area contributed by atoms with Gasteiger partial charge in [-0.2, -0.15) is 12.6 Å². The molecule has 0 amide bonds. The molecule has 0 heterocycles. The van der Waals surface area contributed by atoms with Crippen LogP contribution in [0.15, 0.2) is 0 Å². The summed E-state index contributed by atoms with van der Waals surface area (Å²) in [5.41, 5.74) is 0.443. The fraction of sp³-hybridized carbons (Fsp3) is 1.00. The van der Waals surface area contributed by atoms with Gasteiger partial charge in [-0.1, -0.05) is 12.8 Å². The second-order valence-electron chi connectivity index (χ2n) is 4.73. The van der Waals surface area contributed by atoms with E-state index < -0.39 is 0 Å². The van der Waals surface area contributed by atoms with Crippen molar-refractivity contribution in [2.24, 2.45) is 5.41 Å². The molecule has 2 aliphatic carbocycles. The summed E-state index contributed by atoms with van der Waals surface area (Å²) < 4.78 is 5.91. The largest absolute Gasteiger partial charge is 0.378 e. The quantitative estimate of drug-likeness (QED) is 0.686. The molecule has 0 atom stereocenters. The van der Waals surface area contributed by atoms with Gasteiger partial charge in [0.15, 0.2) is 0 Å². The van der Waals surface area contributed by atoms with Gasteiger partial charge in [-0.3, -0.25) is 0 Å². The molecule has 13 heavy (non-hydrogen) atoms. The third-order valence-electron chi connectivity index (χ3n) is 3.68. The van der Waals surface area contributed by atoms with Gasteiger partial charge in [-0.05, 0) is 37.9 Å². The molecule has 2 saturated carbocycles. The normalized spacial score (nSPS) is 27.5. The molecule has 0 saturated heterocycles. The van der Waals surface area contributed by atoms with E-state index in [1.165, 1.54) is 44.9 Å². The Morgan fingerprint density at radius 3 is 2.31 bits per heavy atom. The van der Waals surface area contributed by atoms with Crippen molar-refractivity contribution in [3.05, 3.63) is 0 Å². The molecule has 0 aromatic rings. The van der Waals surface area contributed by atoms with Crippen molar-refractivity contribution >= 4 is 12.6 Å². The lowest BCUT2D eigenvalue weighted by Crippen LogP contribution is -2.31. The number of hydrogen-bond acceptors (Lipinski definition) is 2. The fourth-order valence-corrected chi connectivity index (χ4v) is 2.71. The molecule has 0 unspecified atom stereocenters. The van der Waals surface area contributed by atoms with Crippen LogP contribution in [0, 0.1) is 5.41 Å². The Morgan fingerprint density at radius 2 is 1.85 bits per heavy atom. The molecule has 0 aliphatic heterocycles. The van der Waals surface area contributed by atoms with Gasteiger partial charge in [0.1, 0.15) is 0 Å². The Balaban J connectivity index is 1.75. The van der Waals surface area contributed by atoms with Gasteiger partial charge < -0.3 is 4.74 Å². The first-order chi connectivity index (χ1) is 6.35. The van der Waals surface area contributed by atoms with Crippen molar-refractivity contribution in [1.82, 2.24) is 0 Å². The Labute approximate surface area is 86.6 Å². The zero-order chi connectivity index (χ0) is 9.15. The van der Waals surface area contributed by atoms with Gasteiger partial charge in [-0.15, -0.1) is 0 Å². The minimum atomic E-state index is 0.443. The molecule has 1 nitrogen and oxygen atoms in total. The SMILES string of the molecule is SCC1(COC2CCC2)CCCC1. The number of thiol groups is 1. The van der Waals surface area contributed by atoms with E-state index in [1.807, 2.05) is 0 Å². The average molecular weight is 200 g/mol. The lowest BCUT2D eigenvalue weighted by Gasteiger charge is -2.32. The second-order valence-corrected chi connectivity index (χ2v) is 5.05. The minimum absolute atomic E-state index is 0.443. The fourth-order valence-electron chi connectivity index (χ4n) is 2.31. The minimum Gasteiger partial charge on any atom is -0.378 e. The zero-order valence-corrected chi connectivity index (χ0v) is 9.19. The third kappa shape index (κ3) is 2.21. The van der Waals surface area contributed by atoms with Crippen LogP contribution in [-0.4, -0.2) is 18.5 Å². The molecule has 0 aromatic carbocycles.